The van der Waals surface area contributed by atoms with Gasteiger partial charge in [0.15, 0.2) is 0 Å². The second-order valence-electron chi connectivity index (χ2n) is 5.60. The lowest BCUT2D eigenvalue weighted by Crippen LogP contribution is -2.14. The zero-order valence-corrected chi connectivity index (χ0v) is 16.0. The molecule has 0 spiro atoms. The van der Waals surface area contributed by atoms with Gasteiger partial charge in [0.25, 0.3) is 0 Å². The maximum absolute atomic E-state index is 12.1. The van der Waals surface area contributed by atoms with Gasteiger partial charge in [0.05, 0.1) is 6.54 Å². The number of hydrogen-bond acceptors (Lipinski definition) is 7. The van der Waals surface area contributed by atoms with Crippen molar-refractivity contribution in [1.82, 2.24) is 20.2 Å². The number of benzene rings is 1. The molecule has 27 heavy (non-hydrogen) atoms. The summed E-state index contributed by atoms with van der Waals surface area (Å²) in [5.74, 6) is -0.0575. The normalized spacial score (nSPS) is 10.7. The highest BCUT2D eigenvalue weighted by molar-refractivity contribution is 7.99. The SMILES string of the molecule is NC(=O)c1ccc(NC(=O)CCSc2nnnn2CCc2cccs2)cc1. The maximum atomic E-state index is 12.1. The number of carbonyl (C=O) groups excluding carboxylic acids is 2. The molecule has 0 aliphatic carbocycles. The molecule has 2 amide bonds. The summed E-state index contributed by atoms with van der Waals surface area (Å²) >= 11 is 3.15. The summed E-state index contributed by atoms with van der Waals surface area (Å²) in [4.78, 5) is 24.4. The van der Waals surface area contributed by atoms with Crippen LogP contribution >= 0.6 is 23.1 Å². The van der Waals surface area contributed by atoms with Gasteiger partial charge < -0.3 is 11.1 Å². The fourth-order valence-electron chi connectivity index (χ4n) is 2.29. The van der Waals surface area contributed by atoms with Crippen LogP contribution in [-0.2, 0) is 17.8 Å². The van der Waals surface area contributed by atoms with Crippen molar-refractivity contribution in [2.75, 3.05) is 11.1 Å². The van der Waals surface area contributed by atoms with Crippen LogP contribution in [0.2, 0.25) is 0 Å². The lowest BCUT2D eigenvalue weighted by molar-refractivity contribution is -0.115. The van der Waals surface area contributed by atoms with E-state index in [0.717, 1.165) is 6.42 Å². The number of rotatable bonds is 9. The molecule has 3 aromatic rings. The monoisotopic (exact) mass is 402 g/mol. The molecule has 0 saturated carbocycles. The summed E-state index contributed by atoms with van der Waals surface area (Å²) < 4.78 is 1.75. The van der Waals surface area contributed by atoms with E-state index in [1.165, 1.54) is 16.6 Å². The van der Waals surface area contributed by atoms with Gasteiger partial charge in [-0.25, -0.2) is 4.68 Å². The lowest BCUT2D eigenvalue weighted by Gasteiger charge is -2.06. The summed E-state index contributed by atoms with van der Waals surface area (Å²) in [6, 6.07) is 10.6. The number of aryl methyl sites for hydroxylation is 2. The number of anilines is 1. The summed E-state index contributed by atoms with van der Waals surface area (Å²) in [6.07, 6.45) is 1.19. The van der Waals surface area contributed by atoms with Gasteiger partial charge in [0.2, 0.25) is 17.0 Å². The van der Waals surface area contributed by atoms with Crippen molar-refractivity contribution in [3.63, 3.8) is 0 Å². The van der Waals surface area contributed by atoms with Gasteiger partial charge >= 0.3 is 0 Å². The fourth-order valence-corrected chi connectivity index (χ4v) is 3.83. The van der Waals surface area contributed by atoms with Crippen LogP contribution < -0.4 is 11.1 Å². The van der Waals surface area contributed by atoms with E-state index >= 15 is 0 Å². The minimum absolute atomic E-state index is 0.119. The Bertz CT molecular complexity index is 893. The van der Waals surface area contributed by atoms with Crippen LogP contribution in [0.15, 0.2) is 46.9 Å². The van der Waals surface area contributed by atoms with E-state index in [2.05, 4.69) is 26.9 Å². The van der Waals surface area contributed by atoms with E-state index in [4.69, 9.17) is 5.73 Å². The third-order valence-electron chi connectivity index (χ3n) is 3.66. The highest BCUT2D eigenvalue weighted by Gasteiger charge is 2.09. The van der Waals surface area contributed by atoms with Crippen LogP contribution in [0.5, 0.6) is 0 Å². The van der Waals surface area contributed by atoms with Crippen LogP contribution in [-0.4, -0.2) is 37.8 Å². The zero-order chi connectivity index (χ0) is 19.1. The Hall–Kier alpha value is -2.72. The second kappa shape index (κ2) is 9.28. The fraction of sp³-hybridized carbons (Fsp3) is 0.235. The standard InChI is InChI=1S/C17H18N6O2S2/c18-16(25)12-3-5-13(6-4-12)19-15(24)8-11-27-17-20-21-22-23(17)9-7-14-2-1-10-26-14/h1-6,10H,7-9,11H2,(H2,18,25)(H,19,24). The summed E-state index contributed by atoms with van der Waals surface area (Å²) in [6.45, 7) is 0.703. The third-order valence-corrected chi connectivity index (χ3v) is 5.56. The predicted molar refractivity (Wildman–Crippen MR) is 105 cm³/mol. The average Bonchev–Trinajstić information content (AvgIpc) is 3.32. The maximum Gasteiger partial charge on any atom is 0.248 e. The molecule has 3 rings (SSSR count). The molecule has 1 aromatic carbocycles. The van der Waals surface area contributed by atoms with Crippen molar-refractivity contribution in [2.24, 2.45) is 5.73 Å². The number of nitrogens with two attached hydrogens (primary N) is 1. The number of thiophene rings is 1. The smallest absolute Gasteiger partial charge is 0.248 e. The Kier molecular flexibility index (Phi) is 6.55. The van der Waals surface area contributed by atoms with Crippen molar-refractivity contribution in [3.8, 4) is 0 Å². The Morgan fingerprint density at radius 3 is 2.74 bits per heavy atom. The van der Waals surface area contributed by atoms with Gasteiger partial charge in [0, 0.05) is 34.7 Å². The number of amides is 2. The zero-order valence-electron chi connectivity index (χ0n) is 14.4. The highest BCUT2D eigenvalue weighted by Crippen LogP contribution is 2.17. The highest BCUT2D eigenvalue weighted by atomic mass is 32.2. The average molecular weight is 403 g/mol. The number of thioether (sulfide) groups is 1. The molecule has 0 aliphatic rings. The summed E-state index contributed by atoms with van der Waals surface area (Å²) in [5, 5.41) is 17.3. The van der Waals surface area contributed by atoms with E-state index < -0.39 is 5.91 Å². The van der Waals surface area contributed by atoms with E-state index in [0.29, 0.717) is 35.1 Å². The first kappa shape index (κ1) is 19.1. The van der Waals surface area contributed by atoms with Crippen molar-refractivity contribution >= 4 is 40.6 Å². The molecule has 10 heteroatoms. The molecular weight excluding hydrogens is 384 g/mol. The van der Waals surface area contributed by atoms with Crippen molar-refractivity contribution in [3.05, 3.63) is 52.2 Å². The number of nitrogens with one attached hydrogen (secondary N) is 1. The molecule has 8 nitrogen and oxygen atoms in total. The largest absolute Gasteiger partial charge is 0.366 e. The molecule has 0 aliphatic heterocycles. The minimum atomic E-state index is -0.499. The van der Waals surface area contributed by atoms with E-state index in [1.54, 1.807) is 40.3 Å². The van der Waals surface area contributed by atoms with Crippen molar-refractivity contribution in [2.45, 2.75) is 24.5 Å². The van der Waals surface area contributed by atoms with Crippen LogP contribution in [0.4, 0.5) is 5.69 Å². The third kappa shape index (κ3) is 5.63. The topological polar surface area (TPSA) is 116 Å². The number of nitrogens with zero attached hydrogens (tertiary/aromatic N) is 4. The van der Waals surface area contributed by atoms with E-state index in [-0.39, 0.29) is 5.91 Å². The predicted octanol–water partition coefficient (Wildman–Crippen LogP) is 2.20. The lowest BCUT2D eigenvalue weighted by atomic mass is 10.2. The van der Waals surface area contributed by atoms with Crippen LogP contribution in [0.1, 0.15) is 21.7 Å². The van der Waals surface area contributed by atoms with Gasteiger partial charge in [-0.3, -0.25) is 9.59 Å². The molecule has 0 radical (unpaired) electrons. The molecule has 0 bridgehead atoms. The Balaban J connectivity index is 1.43. The van der Waals surface area contributed by atoms with Gasteiger partial charge in [0.1, 0.15) is 0 Å². The van der Waals surface area contributed by atoms with E-state index in [9.17, 15) is 9.59 Å². The van der Waals surface area contributed by atoms with Gasteiger partial charge in [-0.05, 0) is 46.1 Å². The van der Waals surface area contributed by atoms with Crippen molar-refractivity contribution in [1.29, 1.82) is 0 Å². The molecule has 140 valence electrons. The number of carbonyl (C=O) groups is 2. The van der Waals surface area contributed by atoms with Crippen molar-refractivity contribution < 1.29 is 9.59 Å². The summed E-state index contributed by atoms with van der Waals surface area (Å²) in [5.41, 5.74) is 6.21. The number of tetrazole rings is 1. The summed E-state index contributed by atoms with van der Waals surface area (Å²) in [7, 11) is 0. The molecule has 2 heterocycles. The molecule has 0 fully saturated rings. The van der Waals surface area contributed by atoms with Gasteiger partial charge in [-0.1, -0.05) is 17.8 Å². The van der Waals surface area contributed by atoms with Crippen LogP contribution in [0.25, 0.3) is 0 Å². The second-order valence-corrected chi connectivity index (χ2v) is 7.70. The Morgan fingerprint density at radius 1 is 1.22 bits per heavy atom. The van der Waals surface area contributed by atoms with Gasteiger partial charge in [-0.2, -0.15) is 0 Å². The molecule has 0 saturated heterocycles. The minimum Gasteiger partial charge on any atom is -0.366 e. The molecule has 0 atom stereocenters. The Labute approximate surface area is 164 Å². The number of primary amides is 1. The van der Waals surface area contributed by atoms with Gasteiger partial charge in [-0.15, -0.1) is 16.4 Å². The first-order chi connectivity index (χ1) is 13.1. The number of aromatic nitrogens is 4. The first-order valence-electron chi connectivity index (χ1n) is 8.23. The molecule has 2 aromatic heterocycles. The molecule has 3 N–H and O–H groups in total. The Morgan fingerprint density at radius 2 is 2.04 bits per heavy atom. The van der Waals surface area contributed by atoms with Crippen LogP contribution in [0, 0.1) is 0 Å². The molecule has 0 unspecified atom stereocenters. The first-order valence-corrected chi connectivity index (χ1v) is 10.1. The number of hydrogen-bond donors (Lipinski definition) is 2. The quantitative estimate of drug-likeness (QED) is 0.530. The van der Waals surface area contributed by atoms with E-state index in [1.807, 2.05) is 11.4 Å². The molecular formula is C17H18N6O2S2. The van der Waals surface area contributed by atoms with Crippen LogP contribution in [0.3, 0.4) is 0 Å².